The van der Waals surface area contributed by atoms with Crippen LogP contribution in [-0.4, -0.2) is 17.8 Å². The van der Waals surface area contributed by atoms with Gasteiger partial charge < -0.3 is 10.8 Å². The molecule has 0 aromatic rings. The molecule has 0 radical (unpaired) electrons. The van der Waals surface area contributed by atoms with Gasteiger partial charge in [0.05, 0.1) is 6.10 Å². The molecule has 0 spiro atoms. The summed E-state index contributed by atoms with van der Waals surface area (Å²) in [5.41, 5.74) is 5.65. The lowest BCUT2D eigenvalue weighted by Gasteiger charge is -2.45. The maximum atomic E-state index is 9.74. The van der Waals surface area contributed by atoms with Crippen LogP contribution in [0.5, 0.6) is 0 Å². The number of rotatable bonds is 4. The molecule has 1 aliphatic carbocycles. The molecule has 1 rings (SSSR count). The lowest BCUT2D eigenvalue weighted by Crippen LogP contribution is -2.41. The Morgan fingerprint density at radius 1 is 1.55 bits per heavy atom. The van der Waals surface area contributed by atoms with E-state index in [0.717, 1.165) is 12.8 Å². The number of hydrogen-bond acceptors (Lipinski definition) is 2. The second kappa shape index (κ2) is 3.55. The molecule has 0 aromatic carbocycles. The van der Waals surface area contributed by atoms with E-state index in [2.05, 4.69) is 6.92 Å². The minimum absolute atomic E-state index is 0.147. The van der Waals surface area contributed by atoms with E-state index in [0.29, 0.717) is 6.54 Å². The molecular weight excluding hydrogens is 138 g/mol. The van der Waals surface area contributed by atoms with Crippen molar-refractivity contribution in [3.63, 3.8) is 0 Å². The Morgan fingerprint density at radius 3 is 2.45 bits per heavy atom. The van der Waals surface area contributed by atoms with Crippen LogP contribution in [0.3, 0.4) is 0 Å². The first-order valence-corrected chi connectivity index (χ1v) is 4.63. The number of aliphatic hydroxyl groups is 1. The smallest absolute Gasteiger partial charge is 0.0608 e. The van der Waals surface area contributed by atoms with Gasteiger partial charge >= 0.3 is 0 Å². The van der Waals surface area contributed by atoms with Crippen molar-refractivity contribution in [2.45, 2.75) is 45.1 Å². The van der Waals surface area contributed by atoms with E-state index in [-0.39, 0.29) is 11.5 Å². The van der Waals surface area contributed by atoms with Crippen LogP contribution in [0.4, 0.5) is 0 Å². The third-order valence-electron chi connectivity index (χ3n) is 3.20. The molecule has 0 saturated heterocycles. The molecular formula is C9H19NO. The average molecular weight is 157 g/mol. The Morgan fingerprint density at radius 2 is 2.18 bits per heavy atom. The molecule has 1 saturated carbocycles. The van der Waals surface area contributed by atoms with Gasteiger partial charge in [0.25, 0.3) is 0 Å². The Balaban J connectivity index is 2.40. The fourth-order valence-corrected chi connectivity index (χ4v) is 2.02. The molecule has 0 amide bonds. The summed E-state index contributed by atoms with van der Waals surface area (Å²) in [6.45, 7) is 2.78. The molecule has 1 aliphatic rings. The summed E-state index contributed by atoms with van der Waals surface area (Å²) in [6, 6.07) is 0. The molecule has 1 fully saturated rings. The number of hydrogen-bond donors (Lipinski definition) is 2. The largest absolute Gasteiger partial charge is 0.393 e. The molecule has 66 valence electrons. The van der Waals surface area contributed by atoms with Gasteiger partial charge in [0.1, 0.15) is 0 Å². The van der Waals surface area contributed by atoms with Gasteiger partial charge in [-0.3, -0.25) is 0 Å². The van der Waals surface area contributed by atoms with E-state index in [9.17, 15) is 5.11 Å². The van der Waals surface area contributed by atoms with Crippen LogP contribution in [0.2, 0.25) is 0 Å². The number of nitrogens with two attached hydrogens (primary N) is 1. The fourth-order valence-electron chi connectivity index (χ4n) is 2.02. The Bertz CT molecular complexity index is 115. The van der Waals surface area contributed by atoms with Crippen LogP contribution < -0.4 is 5.73 Å². The highest BCUT2D eigenvalue weighted by Gasteiger charge is 2.40. The van der Waals surface area contributed by atoms with E-state index in [1.807, 2.05) is 0 Å². The summed E-state index contributed by atoms with van der Waals surface area (Å²) < 4.78 is 0. The SMILES string of the molecule is CCC1([C@@H](O)CCN)CCC1. The highest BCUT2D eigenvalue weighted by molar-refractivity contribution is 4.92. The van der Waals surface area contributed by atoms with Crippen LogP contribution in [0.15, 0.2) is 0 Å². The number of aliphatic hydroxyl groups excluding tert-OH is 1. The van der Waals surface area contributed by atoms with E-state index in [4.69, 9.17) is 5.73 Å². The predicted octanol–water partition coefficient (Wildman–Crippen LogP) is 1.28. The third kappa shape index (κ3) is 1.57. The quantitative estimate of drug-likeness (QED) is 0.645. The molecule has 11 heavy (non-hydrogen) atoms. The Kier molecular flexibility index (Phi) is 2.90. The van der Waals surface area contributed by atoms with Crippen molar-refractivity contribution in [3.05, 3.63) is 0 Å². The topological polar surface area (TPSA) is 46.2 Å². The molecule has 1 atom stereocenters. The summed E-state index contributed by atoms with van der Waals surface area (Å²) in [4.78, 5) is 0. The zero-order valence-electron chi connectivity index (χ0n) is 7.34. The first-order valence-electron chi connectivity index (χ1n) is 4.63. The molecule has 0 aliphatic heterocycles. The summed E-state index contributed by atoms with van der Waals surface area (Å²) in [5.74, 6) is 0. The predicted molar refractivity (Wildman–Crippen MR) is 46.3 cm³/mol. The van der Waals surface area contributed by atoms with Crippen LogP contribution in [0.25, 0.3) is 0 Å². The van der Waals surface area contributed by atoms with Crippen molar-refractivity contribution in [1.29, 1.82) is 0 Å². The van der Waals surface area contributed by atoms with Crippen molar-refractivity contribution in [2.75, 3.05) is 6.54 Å². The van der Waals surface area contributed by atoms with E-state index in [1.54, 1.807) is 0 Å². The van der Waals surface area contributed by atoms with Gasteiger partial charge in [-0.2, -0.15) is 0 Å². The normalized spacial score (nSPS) is 24.3. The van der Waals surface area contributed by atoms with Crippen molar-refractivity contribution in [2.24, 2.45) is 11.1 Å². The van der Waals surface area contributed by atoms with Gasteiger partial charge in [-0.1, -0.05) is 13.3 Å². The van der Waals surface area contributed by atoms with Gasteiger partial charge in [0.15, 0.2) is 0 Å². The second-order valence-corrected chi connectivity index (χ2v) is 3.66. The van der Waals surface area contributed by atoms with Gasteiger partial charge in [-0.25, -0.2) is 0 Å². The lowest BCUT2D eigenvalue weighted by molar-refractivity contribution is -0.0405. The summed E-state index contributed by atoms with van der Waals surface area (Å²) in [7, 11) is 0. The van der Waals surface area contributed by atoms with Crippen LogP contribution in [0.1, 0.15) is 39.0 Å². The Labute approximate surface area is 68.8 Å². The molecule has 0 bridgehead atoms. The summed E-state index contributed by atoms with van der Waals surface area (Å²) in [6.07, 6.45) is 5.42. The van der Waals surface area contributed by atoms with Crippen molar-refractivity contribution in [3.8, 4) is 0 Å². The monoisotopic (exact) mass is 157 g/mol. The van der Waals surface area contributed by atoms with Crippen LogP contribution in [-0.2, 0) is 0 Å². The standard InChI is InChI=1S/C9H19NO/c1-2-9(5-3-6-9)8(11)4-7-10/h8,11H,2-7,10H2,1H3/t8-/m0/s1. The van der Waals surface area contributed by atoms with Crippen molar-refractivity contribution >= 4 is 0 Å². The van der Waals surface area contributed by atoms with E-state index in [1.165, 1.54) is 19.3 Å². The maximum Gasteiger partial charge on any atom is 0.0608 e. The average Bonchev–Trinajstić information content (AvgIpc) is 1.87. The minimum atomic E-state index is -0.147. The molecule has 3 N–H and O–H groups in total. The molecule has 0 aromatic heterocycles. The lowest BCUT2D eigenvalue weighted by atomic mass is 9.63. The first-order chi connectivity index (χ1) is 5.25. The Hall–Kier alpha value is -0.0800. The van der Waals surface area contributed by atoms with E-state index < -0.39 is 0 Å². The second-order valence-electron chi connectivity index (χ2n) is 3.66. The zero-order chi connectivity index (χ0) is 8.32. The van der Waals surface area contributed by atoms with Gasteiger partial charge in [0, 0.05) is 0 Å². The maximum absolute atomic E-state index is 9.74. The molecule has 0 heterocycles. The van der Waals surface area contributed by atoms with Crippen LogP contribution >= 0.6 is 0 Å². The van der Waals surface area contributed by atoms with Crippen molar-refractivity contribution < 1.29 is 5.11 Å². The molecule has 2 nitrogen and oxygen atoms in total. The van der Waals surface area contributed by atoms with E-state index >= 15 is 0 Å². The van der Waals surface area contributed by atoms with Crippen LogP contribution in [0, 0.1) is 5.41 Å². The van der Waals surface area contributed by atoms with Gasteiger partial charge in [-0.05, 0) is 37.6 Å². The highest BCUT2D eigenvalue weighted by atomic mass is 16.3. The summed E-state index contributed by atoms with van der Waals surface area (Å²) >= 11 is 0. The fraction of sp³-hybridized carbons (Fsp3) is 1.00. The molecule has 0 unspecified atom stereocenters. The zero-order valence-corrected chi connectivity index (χ0v) is 7.34. The highest BCUT2D eigenvalue weighted by Crippen LogP contribution is 2.47. The summed E-state index contributed by atoms with van der Waals surface area (Å²) in [5, 5.41) is 9.74. The van der Waals surface area contributed by atoms with Crippen molar-refractivity contribution in [1.82, 2.24) is 0 Å². The third-order valence-corrected chi connectivity index (χ3v) is 3.20. The minimum Gasteiger partial charge on any atom is -0.393 e. The molecule has 2 heteroatoms. The first kappa shape index (κ1) is 9.01. The van der Waals surface area contributed by atoms with Gasteiger partial charge in [-0.15, -0.1) is 0 Å². The van der Waals surface area contributed by atoms with Gasteiger partial charge in [0.2, 0.25) is 0 Å².